The van der Waals surface area contributed by atoms with E-state index in [1.165, 1.54) is 31.1 Å². The number of hydrogen-bond donors (Lipinski definition) is 3. The zero-order valence-electron chi connectivity index (χ0n) is 24.7. The number of unbranched alkanes of at least 4 members (excludes halogenated alkanes) is 3. The number of ether oxygens (including phenoxy) is 1. The quantitative estimate of drug-likeness (QED) is 0.128. The third-order valence-electron chi connectivity index (χ3n) is 7.31. The summed E-state index contributed by atoms with van der Waals surface area (Å²) in [5.74, 6) is 1.01. The molecule has 7 nitrogen and oxygen atoms in total. The van der Waals surface area contributed by atoms with E-state index in [4.69, 9.17) is 9.15 Å². The van der Waals surface area contributed by atoms with E-state index in [-0.39, 0.29) is 5.91 Å². The monoisotopic (exact) mass is 569 g/mol. The number of nitrogens with zero attached hydrogens (tertiary/aromatic N) is 1. The number of aryl methyl sites for hydroxylation is 1. The lowest BCUT2D eigenvalue weighted by molar-refractivity contribution is 0.0830. The second kappa shape index (κ2) is 16.5. The van der Waals surface area contributed by atoms with Crippen LogP contribution in [-0.2, 0) is 19.4 Å². The van der Waals surface area contributed by atoms with Gasteiger partial charge in [0.05, 0.1) is 24.9 Å². The summed E-state index contributed by atoms with van der Waals surface area (Å²) >= 11 is 0. The minimum Gasteiger partial charge on any atom is -0.494 e. The molecule has 0 saturated carbocycles. The van der Waals surface area contributed by atoms with Crippen LogP contribution >= 0.6 is 0 Å². The maximum atomic E-state index is 13.4. The van der Waals surface area contributed by atoms with Gasteiger partial charge in [-0.05, 0) is 66.3 Å². The average molecular weight is 570 g/mol. The maximum Gasteiger partial charge on any atom is 0.251 e. The normalized spacial score (nSPS) is 12.5. The molecule has 0 saturated heterocycles. The SMILES string of the molecule is CCCCCCOc1ccc(C[C@H](NC(=O)c2cccc(-c3ncco3)c2)[C@H](O)CNCc2cccc(CC)c2)cc1. The van der Waals surface area contributed by atoms with Crippen molar-refractivity contribution in [3.8, 4) is 17.2 Å². The molecule has 0 aliphatic carbocycles. The molecular weight excluding hydrogens is 526 g/mol. The van der Waals surface area contributed by atoms with Crippen LogP contribution in [0.3, 0.4) is 0 Å². The maximum absolute atomic E-state index is 13.4. The molecule has 3 aromatic carbocycles. The minimum absolute atomic E-state index is 0.268. The van der Waals surface area contributed by atoms with Gasteiger partial charge in [0, 0.05) is 24.2 Å². The zero-order valence-corrected chi connectivity index (χ0v) is 24.7. The largest absolute Gasteiger partial charge is 0.494 e. The molecule has 0 radical (unpaired) electrons. The van der Waals surface area contributed by atoms with Crippen molar-refractivity contribution in [2.75, 3.05) is 13.2 Å². The number of carbonyl (C=O) groups excluding carboxylic acids is 1. The van der Waals surface area contributed by atoms with Crippen molar-refractivity contribution < 1.29 is 19.1 Å². The second-order valence-corrected chi connectivity index (χ2v) is 10.6. The van der Waals surface area contributed by atoms with Gasteiger partial charge in [0.15, 0.2) is 0 Å². The number of benzene rings is 3. The predicted octanol–water partition coefficient (Wildman–Crippen LogP) is 6.35. The first-order valence-corrected chi connectivity index (χ1v) is 15.0. The van der Waals surface area contributed by atoms with E-state index in [0.29, 0.717) is 43.1 Å². The van der Waals surface area contributed by atoms with Crippen LogP contribution < -0.4 is 15.4 Å². The Kier molecular flexibility index (Phi) is 12.2. The fourth-order valence-corrected chi connectivity index (χ4v) is 4.86. The van der Waals surface area contributed by atoms with Crippen molar-refractivity contribution >= 4 is 5.91 Å². The van der Waals surface area contributed by atoms with Crippen molar-refractivity contribution in [3.05, 3.63) is 108 Å². The number of amides is 1. The number of hydrogen-bond acceptors (Lipinski definition) is 6. The Hall–Kier alpha value is -3.94. The third-order valence-corrected chi connectivity index (χ3v) is 7.31. The molecule has 1 amide bonds. The minimum atomic E-state index is -0.812. The Labute approximate surface area is 249 Å². The zero-order chi connectivity index (χ0) is 29.6. The summed E-state index contributed by atoms with van der Waals surface area (Å²) in [6, 6.07) is 23.0. The summed E-state index contributed by atoms with van der Waals surface area (Å²) in [4.78, 5) is 17.6. The number of aliphatic hydroxyl groups is 1. The van der Waals surface area contributed by atoms with Gasteiger partial charge in [-0.25, -0.2) is 4.98 Å². The molecule has 4 aromatic rings. The van der Waals surface area contributed by atoms with Crippen LogP contribution in [0.5, 0.6) is 5.75 Å². The molecule has 3 N–H and O–H groups in total. The van der Waals surface area contributed by atoms with Gasteiger partial charge in [-0.15, -0.1) is 0 Å². The van der Waals surface area contributed by atoms with Gasteiger partial charge in [0.25, 0.3) is 5.91 Å². The molecule has 0 unspecified atom stereocenters. The van der Waals surface area contributed by atoms with E-state index < -0.39 is 12.1 Å². The fraction of sp³-hybridized carbons (Fsp3) is 0.371. The van der Waals surface area contributed by atoms with Crippen molar-refractivity contribution in [2.24, 2.45) is 0 Å². The van der Waals surface area contributed by atoms with Gasteiger partial charge in [-0.1, -0.05) is 75.6 Å². The second-order valence-electron chi connectivity index (χ2n) is 10.6. The van der Waals surface area contributed by atoms with Crippen LogP contribution in [-0.4, -0.2) is 41.3 Å². The molecule has 1 aromatic heterocycles. The molecule has 0 bridgehead atoms. The van der Waals surface area contributed by atoms with E-state index in [0.717, 1.165) is 29.7 Å². The molecule has 2 atom stereocenters. The lowest BCUT2D eigenvalue weighted by Crippen LogP contribution is -2.48. The van der Waals surface area contributed by atoms with Crippen LogP contribution in [0.15, 0.2) is 89.7 Å². The smallest absolute Gasteiger partial charge is 0.251 e. The van der Waals surface area contributed by atoms with E-state index in [2.05, 4.69) is 53.7 Å². The first-order chi connectivity index (χ1) is 20.6. The molecular formula is C35H43N3O4. The summed E-state index contributed by atoms with van der Waals surface area (Å²) in [5.41, 5.74) is 4.63. The average Bonchev–Trinajstić information content (AvgIpc) is 3.57. The van der Waals surface area contributed by atoms with Gasteiger partial charge < -0.3 is 24.9 Å². The fourth-order valence-electron chi connectivity index (χ4n) is 4.86. The van der Waals surface area contributed by atoms with Crippen LogP contribution in [0.2, 0.25) is 0 Å². The van der Waals surface area contributed by atoms with Gasteiger partial charge in [0.2, 0.25) is 5.89 Å². The number of rotatable bonds is 17. The van der Waals surface area contributed by atoms with E-state index >= 15 is 0 Å². The molecule has 222 valence electrons. The number of oxazole rings is 1. The number of carbonyl (C=O) groups is 1. The number of nitrogens with one attached hydrogen (secondary N) is 2. The highest BCUT2D eigenvalue weighted by Crippen LogP contribution is 2.19. The van der Waals surface area contributed by atoms with Crippen LogP contribution in [0.4, 0.5) is 0 Å². The molecule has 42 heavy (non-hydrogen) atoms. The summed E-state index contributed by atoms with van der Waals surface area (Å²) < 4.78 is 11.3. The van der Waals surface area contributed by atoms with E-state index in [1.807, 2.05) is 30.3 Å². The Balaban J connectivity index is 1.41. The summed E-state index contributed by atoms with van der Waals surface area (Å²) in [6.45, 7) is 6.00. The number of aromatic nitrogens is 1. The Bertz CT molecular complexity index is 1350. The van der Waals surface area contributed by atoms with Gasteiger partial charge in [-0.3, -0.25) is 4.79 Å². The van der Waals surface area contributed by atoms with Gasteiger partial charge in [0.1, 0.15) is 12.0 Å². The van der Waals surface area contributed by atoms with Crippen molar-refractivity contribution in [1.29, 1.82) is 0 Å². The Morgan fingerprint density at radius 3 is 2.52 bits per heavy atom. The first kappa shape index (κ1) is 31.0. The van der Waals surface area contributed by atoms with Gasteiger partial charge in [-0.2, -0.15) is 0 Å². The predicted molar refractivity (Wildman–Crippen MR) is 167 cm³/mol. The standard InChI is InChI=1S/C35H43N3O4/c1-3-5-6-7-19-41-31-16-14-27(15-17-31)22-32(33(39)25-36-24-28-11-8-10-26(4-2)21-28)38-34(40)29-12-9-13-30(23-29)35-37-18-20-42-35/h8-18,20-21,23,32-33,36,39H,3-7,19,22,24-25H2,1-2H3,(H,38,40)/t32-,33+/m0/s1. The number of aliphatic hydroxyl groups excluding tert-OH is 1. The highest BCUT2D eigenvalue weighted by atomic mass is 16.5. The van der Waals surface area contributed by atoms with Crippen LogP contribution in [0.1, 0.15) is 66.6 Å². The van der Waals surface area contributed by atoms with E-state index in [1.54, 1.807) is 24.4 Å². The molecule has 0 fully saturated rings. The molecule has 1 heterocycles. The molecule has 0 aliphatic heterocycles. The van der Waals surface area contributed by atoms with Crippen LogP contribution in [0.25, 0.3) is 11.5 Å². The van der Waals surface area contributed by atoms with E-state index in [9.17, 15) is 9.90 Å². The molecule has 7 heteroatoms. The summed E-state index contributed by atoms with van der Waals surface area (Å²) in [7, 11) is 0. The summed E-state index contributed by atoms with van der Waals surface area (Å²) in [5, 5.41) is 17.7. The highest BCUT2D eigenvalue weighted by Gasteiger charge is 2.23. The molecule has 0 aliphatic rings. The lowest BCUT2D eigenvalue weighted by atomic mass is 10.00. The Morgan fingerprint density at radius 1 is 0.952 bits per heavy atom. The first-order valence-electron chi connectivity index (χ1n) is 15.0. The molecule has 0 spiro atoms. The van der Waals surface area contributed by atoms with Crippen LogP contribution in [0, 0.1) is 0 Å². The van der Waals surface area contributed by atoms with Crippen molar-refractivity contribution in [1.82, 2.24) is 15.6 Å². The van der Waals surface area contributed by atoms with Crippen molar-refractivity contribution in [2.45, 2.75) is 71.1 Å². The topological polar surface area (TPSA) is 96.6 Å². The molecule has 4 rings (SSSR count). The van der Waals surface area contributed by atoms with Crippen molar-refractivity contribution in [3.63, 3.8) is 0 Å². The summed E-state index contributed by atoms with van der Waals surface area (Å²) in [6.07, 6.45) is 8.35. The van der Waals surface area contributed by atoms with Gasteiger partial charge >= 0.3 is 0 Å². The highest BCUT2D eigenvalue weighted by molar-refractivity contribution is 5.95. The third kappa shape index (κ3) is 9.57. The Morgan fingerprint density at radius 2 is 1.76 bits per heavy atom. The lowest BCUT2D eigenvalue weighted by Gasteiger charge is -2.25.